The summed E-state index contributed by atoms with van der Waals surface area (Å²) in [6, 6.07) is 17.2. The van der Waals surface area contributed by atoms with E-state index in [1.807, 2.05) is 78.0 Å². The Morgan fingerprint density at radius 2 is 1.78 bits per heavy atom. The van der Waals surface area contributed by atoms with Crippen molar-refractivity contribution in [3.8, 4) is 5.75 Å². The second-order valence-electron chi connectivity index (χ2n) is 9.90. The molecule has 0 aliphatic carbocycles. The Hall–Kier alpha value is -3.81. The Balaban J connectivity index is 1.22. The van der Waals surface area contributed by atoms with Crippen LogP contribution in [-0.4, -0.2) is 64.5 Å². The highest BCUT2D eigenvalue weighted by Gasteiger charge is 2.52. The van der Waals surface area contributed by atoms with Crippen molar-refractivity contribution in [2.75, 3.05) is 26.7 Å². The van der Waals surface area contributed by atoms with Gasteiger partial charge < -0.3 is 19.5 Å². The van der Waals surface area contributed by atoms with Crippen LogP contribution in [0.2, 0.25) is 0 Å². The number of benzene rings is 2. The number of ether oxygens (including phenoxy) is 1. The van der Waals surface area contributed by atoms with Crippen molar-refractivity contribution in [2.24, 2.45) is 13.0 Å². The summed E-state index contributed by atoms with van der Waals surface area (Å²) in [4.78, 5) is 42.6. The van der Waals surface area contributed by atoms with Crippen molar-refractivity contribution in [3.05, 3.63) is 65.9 Å². The maximum Gasteiger partial charge on any atom is 0.325 e. The van der Waals surface area contributed by atoms with E-state index in [4.69, 9.17) is 4.74 Å². The van der Waals surface area contributed by atoms with Gasteiger partial charge in [-0.2, -0.15) is 0 Å². The van der Waals surface area contributed by atoms with E-state index in [-0.39, 0.29) is 23.8 Å². The van der Waals surface area contributed by atoms with Crippen molar-refractivity contribution in [2.45, 2.75) is 31.7 Å². The van der Waals surface area contributed by atoms with Gasteiger partial charge in [-0.15, -0.1) is 0 Å². The molecular weight excluding hydrogens is 456 g/mol. The molecule has 36 heavy (non-hydrogen) atoms. The van der Waals surface area contributed by atoms with Crippen molar-refractivity contribution in [1.29, 1.82) is 0 Å². The number of methoxy groups -OCH3 is 1. The van der Waals surface area contributed by atoms with Crippen LogP contribution >= 0.6 is 0 Å². The molecule has 2 aliphatic heterocycles. The normalized spacial score (nSPS) is 20.8. The molecule has 0 spiro atoms. The number of amides is 4. The highest BCUT2D eigenvalue weighted by atomic mass is 16.5. The van der Waals surface area contributed by atoms with Gasteiger partial charge in [0.2, 0.25) is 0 Å². The van der Waals surface area contributed by atoms with E-state index in [9.17, 15) is 14.4 Å². The van der Waals surface area contributed by atoms with Gasteiger partial charge in [0.1, 0.15) is 17.0 Å². The summed E-state index contributed by atoms with van der Waals surface area (Å²) in [7, 11) is 3.53. The van der Waals surface area contributed by atoms with Crippen molar-refractivity contribution in [1.82, 2.24) is 19.7 Å². The molecule has 0 bridgehead atoms. The van der Waals surface area contributed by atoms with Crippen LogP contribution in [0.15, 0.2) is 54.6 Å². The predicted molar refractivity (Wildman–Crippen MR) is 137 cm³/mol. The number of carbonyl (C=O) groups is 3. The number of urea groups is 1. The van der Waals surface area contributed by atoms with Crippen molar-refractivity contribution < 1.29 is 19.1 Å². The lowest BCUT2D eigenvalue weighted by Gasteiger charge is -2.39. The monoisotopic (exact) mass is 488 g/mol. The third-order valence-corrected chi connectivity index (χ3v) is 7.85. The van der Waals surface area contributed by atoms with Crippen LogP contribution in [-0.2, 0) is 18.3 Å². The SMILES string of the molecule is COc1ccc(CCN2C(=O)N[C@](C)(C3CCN(C(=O)c4cc5ccccc5n4C)CC3)C2=O)cc1. The number of hydrogen-bond donors (Lipinski definition) is 1. The number of aromatic nitrogens is 1. The highest BCUT2D eigenvalue weighted by molar-refractivity contribution is 6.07. The zero-order chi connectivity index (χ0) is 25.4. The summed E-state index contributed by atoms with van der Waals surface area (Å²) in [5.74, 6) is 0.558. The average molecular weight is 489 g/mol. The first kappa shape index (κ1) is 23.9. The fourth-order valence-corrected chi connectivity index (χ4v) is 5.54. The fraction of sp³-hybridized carbons (Fsp3) is 0.393. The number of piperidine rings is 1. The molecule has 1 aromatic heterocycles. The van der Waals surface area contributed by atoms with Crippen molar-refractivity contribution >= 4 is 28.7 Å². The second-order valence-corrected chi connectivity index (χ2v) is 9.90. The van der Waals surface area contributed by atoms with E-state index in [1.165, 1.54) is 4.90 Å². The smallest absolute Gasteiger partial charge is 0.325 e. The lowest BCUT2D eigenvalue weighted by atomic mass is 9.79. The summed E-state index contributed by atoms with van der Waals surface area (Å²) in [6.45, 7) is 3.25. The van der Waals surface area contributed by atoms with Gasteiger partial charge in [0.15, 0.2) is 0 Å². The topological polar surface area (TPSA) is 83.9 Å². The van der Waals surface area contributed by atoms with Crippen LogP contribution in [0.4, 0.5) is 4.79 Å². The first-order valence-corrected chi connectivity index (χ1v) is 12.4. The van der Waals surface area contributed by atoms with E-state index in [0.717, 1.165) is 22.2 Å². The molecule has 2 aliphatic rings. The number of carbonyl (C=O) groups excluding carboxylic acids is 3. The molecule has 1 N–H and O–H groups in total. The van der Waals surface area contributed by atoms with Crippen LogP contribution in [0.25, 0.3) is 10.9 Å². The quantitative estimate of drug-likeness (QED) is 0.538. The van der Waals surface area contributed by atoms with Gasteiger partial charge >= 0.3 is 6.03 Å². The molecule has 0 radical (unpaired) electrons. The first-order chi connectivity index (χ1) is 17.3. The van der Waals surface area contributed by atoms with Gasteiger partial charge in [-0.1, -0.05) is 30.3 Å². The van der Waals surface area contributed by atoms with Gasteiger partial charge in [0.05, 0.1) is 7.11 Å². The first-order valence-electron chi connectivity index (χ1n) is 12.4. The largest absolute Gasteiger partial charge is 0.497 e. The zero-order valence-electron chi connectivity index (χ0n) is 21.0. The lowest BCUT2D eigenvalue weighted by molar-refractivity contribution is -0.133. The molecule has 2 saturated heterocycles. The van der Waals surface area contributed by atoms with Crippen LogP contribution in [0, 0.1) is 5.92 Å². The number of fused-ring (bicyclic) bond motifs is 1. The minimum atomic E-state index is -0.953. The summed E-state index contributed by atoms with van der Waals surface area (Å²) >= 11 is 0. The van der Waals surface area contributed by atoms with E-state index in [0.29, 0.717) is 44.6 Å². The molecule has 5 rings (SSSR count). The predicted octanol–water partition coefficient (Wildman–Crippen LogP) is 3.59. The fourth-order valence-electron chi connectivity index (χ4n) is 5.54. The maximum atomic E-state index is 13.4. The van der Waals surface area contributed by atoms with Gasteiger partial charge in [-0.05, 0) is 61.9 Å². The number of likely N-dealkylation sites (tertiary alicyclic amines) is 1. The van der Waals surface area contributed by atoms with Crippen LogP contribution in [0.3, 0.4) is 0 Å². The molecule has 8 nitrogen and oxygen atoms in total. The van der Waals surface area contributed by atoms with E-state index in [1.54, 1.807) is 7.11 Å². The summed E-state index contributed by atoms with van der Waals surface area (Å²) in [6.07, 6.45) is 1.90. The summed E-state index contributed by atoms with van der Waals surface area (Å²) in [5, 5.41) is 4.01. The van der Waals surface area contributed by atoms with Gasteiger partial charge in [-0.3, -0.25) is 14.5 Å². The van der Waals surface area contributed by atoms with E-state index >= 15 is 0 Å². The number of aryl methyl sites for hydroxylation is 1. The number of nitrogens with zero attached hydrogens (tertiary/aromatic N) is 3. The Morgan fingerprint density at radius 1 is 1.08 bits per heavy atom. The van der Waals surface area contributed by atoms with Crippen molar-refractivity contribution in [3.63, 3.8) is 0 Å². The molecule has 8 heteroatoms. The number of nitrogens with one attached hydrogen (secondary N) is 1. The van der Waals surface area contributed by atoms with E-state index < -0.39 is 5.54 Å². The molecule has 3 aromatic rings. The Labute approximate surface area is 210 Å². The Bertz CT molecular complexity index is 1310. The maximum absolute atomic E-state index is 13.4. The molecule has 0 unspecified atom stereocenters. The minimum Gasteiger partial charge on any atom is -0.497 e. The number of para-hydroxylation sites is 1. The summed E-state index contributed by atoms with van der Waals surface area (Å²) in [5.41, 5.74) is 1.77. The zero-order valence-corrected chi connectivity index (χ0v) is 21.0. The third-order valence-electron chi connectivity index (χ3n) is 7.85. The molecule has 4 amide bonds. The second kappa shape index (κ2) is 9.33. The van der Waals surface area contributed by atoms with Gasteiger partial charge in [0, 0.05) is 37.6 Å². The number of hydrogen-bond acceptors (Lipinski definition) is 4. The average Bonchev–Trinajstić information content (AvgIpc) is 3.35. The van der Waals surface area contributed by atoms with E-state index in [2.05, 4.69) is 5.32 Å². The molecule has 3 heterocycles. The van der Waals surface area contributed by atoms with Crippen LogP contribution in [0.5, 0.6) is 5.75 Å². The van der Waals surface area contributed by atoms with Crippen LogP contribution in [0.1, 0.15) is 35.8 Å². The lowest BCUT2D eigenvalue weighted by Crippen LogP contribution is -2.54. The molecule has 188 valence electrons. The van der Waals surface area contributed by atoms with Crippen LogP contribution < -0.4 is 10.1 Å². The summed E-state index contributed by atoms with van der Waals surface area (Å²) < 4.78 is 7.13. The van der Waals surface area contributed by atoms with Gasteiger partial charge in [0.25, 0.3) is 11.8 Å². The molecule has 0 saturated carbocycles. The number of rotatable bonds is 6. The number of imide groups is 1. The minimum absolute atomic E-state index is 0.000190. The van der Waals surface area contributed by atoms with Gasteiger partial charge in [-0.25, -0.2) is 4.79 Å². The Kier molecular flexibility index (Phi) is 6.20. The standard InChI is InChI=1S/C28H32N4O4/c1-28(26(34)32(27(35)29-28)17-12-19-8-10-22(36-3)11-9-19)21-13-15-31(16-14-21)25(33)24-18-20-6-4-5-7-23(20)30(24)2/h4-11,18,21H,12-17H2,1-3H3,(H,29,35)/t28-/m1/s1. The molecule has 1 atom stereocenters. The third kappa shape index (κ3) is 4.10. The Morgan fingerprint density at radius 3 is 2.44 bits per heavy atom. The molecule has 2 aromatic carbocycles. The molecule has 2 fully saturated rings. The molecular formula is C28H32N4O4. The highest BCUT2D eigenvalue weighted by Crippen LogP contribution is 2.34.